The van der Waals surface area contributed by atoms with Gasteiger partial charge in [-0.05, 0) is 67.5 Å². The first kappa shape index (κ1) is 16.3. The topological polar surface area (TPSA) is 50.2 Å². The van der Waals surface area contributed by atoms with Crippen LogP contribution in [0.1, 0.15) is 36.0 Å². The zero-order chi connectivity index (χ0) is 17.7. The van der Waals surface area contributed by atoms with Gasteiger partial charge in [0.15, 0.2) is 5.78 Å². The van der Waals surface area contributed by atoms with E-state index >= 15 is 0 Å². The fourth-order valence-corrected chi connectivity index (χ4v) is 4.37. The van der Waals surface area contributed by atoms with Crippen LogP contribution < -0.4 is 0 Å². The van der Waals surface area contributed by atoms with Crippen LogP contribution in [0, 0.1) is 25.7 Å². The van der Waals surface area contributed by atoms with Crippen molar-refractivity contribution in [1.82, 2.24) is 4.98 Å². The number of carbonyl (C=O) groups is 1. The Morgan fingerprint density at radius 2 is 1.84 bits per heavy atom. The van der Waals surface area contributed by atoms with Crippen LogP contribution in [-0.2, 0) is 4.79 Å². The average molecular weight is 354 g/mol. The van der Waals surface area contributed by atoms with Gasteiger partial charge in [-0.3, -0.25) is 4.79 Å². The predicted molar refractivity (Wildman–Crippen MR) is 99.5 cm³/mol. The van der Waals surface area contributed by atoms with E-state index in [0.29, 0.717) is 10.7 Å². The molecule has 4 rings (SSSR count). The summed E-state index contributed by atoms with van der Waals surface area (Å²) >= 11 is 5.96. The number of Topliss-reactive ketones (excluding diaryl/α,β-unsaturated/α-hetero) is 1. The summed E-state index contributed by atoms with van der Waals surface area (Å²) in [7, 11) is 0. The largest absolute Gasteiger partial charge is 0.511 e. The molecule has 1 aromatic heterocycles. The van der Waals surface area contributed by atoms with E-state index in [2.05, 4.69) is 4.98 Å². The van der Waals surface area contributed by atoms with Gasteiger partial charge in [0, 0.05) is 23.6 Å². The van der Waals surface area contributed by atoms with E-state index in [1.807, 2.05) is 38.1 Å². The van der Waals surface area contributed by atoms with E-state index in [-0.39, 0.29) is 23.4 Å². The third kappa shape index (κ3) is 2.67. The normalized spacial score (nSPS) is 22.6. The van der Waals surface area contributed by atoms with Crippen LogP contribution in [0.15, 0.2) is 36.2 Å². The molecule has 1 N–H and O–H groups in total. The number of aryl methyl sites for hydroxylation is 2. The van der Waals surface area contributed by atoms with E-state index < -0.39 is 0 Å². The van der Waals surface area contributed by atoms with Crippen LogP contribution >= 0.6 is 11.6 Å². The Bertz CT molecular complexity index is 916. The number of aliphatic hydroxyl groups excluding tert-OH is 1. The second-order valence-corrected chi connectivity index (χ2v) is 7.57. The molecule has 2 aliphatic carbocycles. The van der Waals surface area contributed by atoms with Crippen molar-refractivity contribution < 1.29 is 9.90 Å². The number of rotatable bonds is 2. The Kier molecular flexibility index (Phi) is 3.92. The highest BCUT2D eigenvalue weighted by molar-refractivity contribution is 6.29. The molecule has 0 radical (unpaired) electrons. The Labute approximate surface area is 152 Å². The number of aromatic nitrogens is 1. The lowest BCUT2D eigenvalue weighted by Gasteiger charge is -2.23. The molecule has 0 spiro atoms. The van der Waals surface area contributed by atoms with E-state index in [0.717, 1.165) is 47.1 Å². The molecule has 1 heterocycles. The standard InChI is InChI=1S/C21H20ClNO2/c1-11-3-4-13(17-10-23-18(22)7-12(17)2)9-16(11)19-20(24)14-5-6-15(8-14)21(19)25/h3-4,7,9-10,14-15,24H,5-6,8H2,1-2H3. The van der Waals surface area contributed by atoms with E-state index in [9.17, 15) is 9.90 Å². The summed E-state index contributed by atoms with van der Waals surface area (Å²) in [4.78, 5) is 17.0. The highest BCUT2D eigenvalue weighted by Crippen LogP contribution is 2.46. The number of hydrogen-bond acceptors (Lipinski definition) is 3. The molecule has 0 aliphatic heterocycles. The lowest BCUT2D eigenvalue weighted by molar-refractivity contribution is -0.117. The number of ketones is 1. The summed E-state index contributed by atoms with van der Waals surface area (Å²) in [5, 5.41) is 11.2. The van der Waals surface area contributed by atoms with Crippen LogP contribution in [0.4, 0.5) is 0 Å². The Morgan fingerprint density at radius 1 is 1.08 bits per heavy atom. The van der Waals surface area contributed by atoms with Gasteiger partial charge in [-0.1, -0.05) is 23.7 Å². The summed E-state index contributed by atoms with van der Waals surface area (Å²) in [6.45, 7) is 3.97. The molecule has 25 heavy (non-hydrogen) atoms. The van der Waals surface area contributed by atoms with Crippen molar-refractivity contribution in [1.29, 1.82) is 0 Å². The third-order valence-corrected chi connectivity index (χ3v) is 5.79. The summed E-state index contributed by atoms with van der Waals surface area (Å²) in [5.41, 5.74) is 5.36. The number of aliphatic hydroxyl groups is 1. The number of nitrogens with zero attached hydrogens (tertiary/aromatic N) is 1. The van der Waals surface area contributed by atoms with Gasteiger partial charge in [0.1, 0.15) is 10.9 Å². The van der Waals surface area contributed by atoms with E-state index in [4.69, 9.17) is 11.6 Å². The van der Waals surface area contributed by atoms with Gasteiger partial charge in [0.25, 0.3) is 0 Å². The second kappa shape index (κ2) is 5.99. The van der Waals surface area contributed by atoms with Gasteiger partial charge < -0.3 is 5.11 Å². The molecule has 3 nitrogen and oxygen atoms in total. The summed E-state index contributed by atoms with van der Waals surface area (Å²) < 4.78 is 0. The van der Waals surface area contributed by atoms with Gasteiger partial charge >= 0.3 is 0 Å². The van der Waals surface area contributed by atoms with Crippen LogP contribution in [0.5, 0.6) is 0 Å². The fraction of sp³-hybridized carbons (Fsp3) is 0.333. The molecule has 2 atom stereocenters. The predicted octanol–water partition coefficient (Wildman–Crippen LogP) is 5.29. The number of fused-ring (bicyclic) bond motifs is 2. The smallest absolute Gasteiger partial charge is 0.169 e. The zero-order valence-corrected chi connectivity index (χ0v) is 15.1. The quantitative estimate of drug-likeness (QED) is 0.746. The second-order valence-electron chi connectivity index (χ2n) is 7.18. The third-order valence-electron chi connectivity index (χ3n) is 5.59. The van der Waals surface area contributed by atoms with Crippen LogP contribution in [-0.4, -0.2) is 15.9 Å². The molecular weight excluding hydrogens is 334 g/mol. The minimum absolute atomic E-state index is 0.0675. The zero-order valence-electron chi connectivity index (χ0n) is 14.3. The van der Waals surface area contributed by atoms with Crippen LogP contribution in [0.2, 0.25) is 5.15 Å². The Balaban J connectivity index is 1.86. The van der Waals surface area contributed by atoms with E-state index in [1.165, 1.54) is 0 Å². The summed E-state index contributed by atoms with van der Waals surface area (Å²) in [5.74, 6) is 0.583. The first-order valence-corrected chi connectivity index (χ1v) is 9.04. The van der Waals surface area contributed by atoms with Gasteiger partial charge in [0.05, 0.1) is 5.57 Å². The molecular formula is C21H20ClNO2. The molecule has 0 saturated heterocycles. The highest BCUT2D eigenvalue weighted by Gasteiger charge is 2.41. The molecule has 1 fully saturated rings. The number of pyridine rings is 1. The molecule has 128 valence electrons. The van der Waals surface area contributed by atoms with Gasteiger partial charge in [-0.2, -0.15) is 0 Å². The lowest BCUT2D eigenvalue weighted by Crippen LogP contribution is -2.21. The maximum absolute atomic E-state index is 12.9. The molecule has 2 aliphatic rings. The van der Waals surface area contributed by atoms with Gasteiger partial charge in [-0.15, -0.1) is 0 Å². The average Bonchev–Trinajstić information content (AvgIpc) is 3.02. The number of hydrogen-bond donors (Lipinski definition) is 1. The fourth-order valence-electron chi connectivity index (χ4n) is 4.16. The van der Waals surface area contributed by atoms with Crippen molar-refractivity contribution in [2.24, 2.45) is 11.8 Å². The minimum atomic E-state index is 0.0675. The molecule has 2 unspecified atom stereocenters. The first-order valence-electron chi connectivity index (χ1n) is 8.66. The highest BCUT2D eigenvalue weighted by atomic mass is 35.5. The van der Waals surface area contributed by atoms with Crippen molar-refractivity contribution in [2.75, 3.05) is 0 Å². The number of halogens is 1. The number of benzene rings is 1. The van der Waals surface area contributed by atoms with Gasteiger partial charge in [-0.25, -0.2) is 4.98 Å². The Morgan fingerprint density at radius 3 is 2.60 bits per heavy atom. The van der Waals surface area contributed by atoms with Crippen molar-refractivity contribution >= 4 is 23.0 Å². The molecule has 0 amide bonds. The minimum Gasteiger partial charge on any atom is -0.511 e. The van der Waals surface area contributed by atoms with Crippen molar-refractivity contribution in [3.63, 3.8) is 0 Å². The van der Waals surface area contributed by atoms with Crippen molar-refractivity contribution in [3.8, 4) is 11.1 Å². The summed E-state index contributed by atoms with van der Waals surface area (Å²) in [6.07, 6.45) is 4.35. The van der Waals surface area contributed by atoms with Crippen molar-refractivity contribution in [2.45, 2.75) is 33.1 Å². The SMILES string of the molecule is Cc1ccc(-c2cnc(Cl)cc2C)cc1C1=C(O)C2CCC(C2)C1=O. The maximum atomic E-state index is 12.9. The Hall–Kier alpha value is -2.13. The monoisotopic (exact) mass is 353 g/mol. The van der Waals surface area contributed by atoms with Crippen LogP contribution in [0.25, 0.3) is 16.7 Å². The first-order chi connectivity index (χ1) is 12.0. The molecule has 2 bridgehead atoms. The number of allylic oxidation sites excluding steroid dienone is 2. The maximum Gasteiger partial charge on any atom is 0.169 e. The number of carbonyl (C=O) groups excluding carboxylic acids is 1. The van der Waals surface area contributed by atoms with Gasteiger partial charge in [0.2, 0.25) is 0 Å². The lowest BCUT2D eigenvalue weighted by atomic mass is 9.81. The molecule has 2 aromatic rings. The molecule has 1 saturated carbocycles. The molecule has 4 heteroatoms. The van der Waals surface area contributed by atoms with E-state index in [1.54, 1.807) is 6.20 Å². The van der Waals surface area contributed by atoms with Crippen LogP contribution in [0.3, 0.4) is 0 Å². The molecule has 1 aromatic carbocycles. The summed E-state index contributed by atoms with van der Waals surface area (Å²) in [6, 6.07) is 7.86. The van der Waals surface area contributed by atoms with Crippen molar-refractivity contribution in [3.05, 3.63) is 58.1 Å².